The number of carbonyl (C=O) groups is 2. The lowest BCUT2D eigenvalue weighted by molar-refractivity contribution is -0.129. The summed E-state index contributed by atoms with van der Waals surface area (Å²) in [5.41, 5.74) is 2.46. The molecule has 3 aliphatic rings. The molecule has 7 nitrogen and oxygen atoms in total. The zero-order valence-electron chi connectivity index (χ0n) is 19.4. The molecule has 2 aromatic carbocycles. The first-order valence-corrected chi connectivity index (χ1v) is 13.2. The molecular weight excluding hydrogens is 462 g/mol. The number of pyridine rings is 1. The van der Waals surface area contributed by atoms with Gasteiger partial charge in [-0.3, -0.25) is 9.59 Å². The van der Waals surface area contributed by atoms with Gasteiger partial charge < -0.3 is 19.7 Å². The van der Waals surface area contributed by atoms with Gasteiger partial charge in [-0.15, -0.1) is 0 Å². The smallest absolute Gasteiger partial charge is 0.252 e. The van der Waals surface area contributed by atoms with Gasteiger partial charge in [-0.25, -0.2) is 4.98 Å². The Kier molecular flexibility index (Phi) is 5.98. The molecule has 1 saturated heterocycles. The van der Waals surface area contributed by atoms with Crippen LogP contribution in [-0.4, -0.2) is 53.3 Å². The van der Waals surface area contributed by atoms with Crippen molar-refractivity contribution in [2.45, 2.75) is 42.8 Å². The molecule has 0 bridgehead atoms. The number of hydrogen-bond acceptors (Lipinski definition) is 6. The first-order chi connectivity index (χ1) is 17.2. The van der Waals surface area contributed by atoms with Crippen molar-refractivity contribution in [1.29, 1.82) is 0 Å². The Morgan fingerprint density at radius 1 is 1.03 bits per heavy atom. The van der Waals surface area contributed by atoms with Crippen molar-refractivity contribution in [3.63, 3.8) is 0 Å². The van der Waals surface area contributed by atoms with Gasteiger partial charge in [-0.05, 0) is 55.5 Å². The van der Waals surface area contributed by atoms with Gasteiger partial charge >= 0.3 is 0 Å². The number of likely N-dealkylation sites (tertiary alicyclic amines) is 1. The number of hydrogen-bond donors (Lipinski definition) is 1. The van der Waals surface area contributed by atoms with E-state index in [-0.39, 0.29) is 29.7 Å². The predicted octanol–water partition coefficient (Wildman–Crippen LogP) is 4.35. The van der Waals surface area contributed by atoms with Crippen LogP contribution in [0.5, 0.6) is 11.5 Å². The summed E-state index contributed by atoms with van der Waals surface area (Å²) >= 11 is 1.39. The normalized spacial score (nSPS) is 19.1. The zero-order valence-corrected chi connectivity index (χ0v) is 20.2. The molecule has 1 N–H and O–H groups in total. The van der Waals surface area contributed by atoms with E-state index >= 15 is 0 Å². The lowest BCUT2D eigenvalue weighted by Crippen LogP contribution is -2.32. The number of nitrogens with zero attached hydrogens (tertiary/aromatic N) is 2. The molecule has 0 radical (unpaired) electrons. The molecule has 1 unspecified atom stereocenters. The maximum absolute atomic E-state index is 13.3. The SMILES string of the molecule is O=C(NC1CC1)c1cc(SCC(=O)N2CCCC2c2ccc3c(c2)OCCO3)nc2ccccc12. The number of fused-ring (bicyclic) bond motifs is 2. The number of amides is 2. The van der Waals surface area contributed by atoms with E-state index < -0.39 is 0 Å². The molecule has 2 aliphatic heterocycles. The number of ether oxygens (including phenoxy) is 2. The molecule has 1 saturated carbocycles. The summed E-state index contributed by atoms with van der Waals surface area (Å²) in [6.07, 6.45) is 3.96. The van der Waals surface area contributed by atoms with E-state index in [4.69, 9.17) is 14.5 Å². The Bertz CT molecular complexity index is 1290. The summed E-state index contributed by atoms with van der Waals surface area (Å²) in [7, 11) is 0. The molecule has 2 fully saturated rings. The monoisotopic (exact) mass is 489 g/mol. The van der Waals surface area contributed by atoms with Crippen LogP contribution >= 0.6 is 11.8 Å². The molecule has 3 aromatic rings. The summed E-state index contributed by atoms with van der Waals surface area (Å²) in [6, 6.07) is 15.8. The van der Waals surface area contributed by atoms with E-state index in [9.17, 15) is 9.59 Å². The third-order valence-corrected chi connectivity index (χ3v) is 7.61. The van der Waals surface area contributed by atoms with Crippen LogP contribution in [0.1, 0.15) is 47.6 Å². The zero-order chi connectivity index (χ0) is 23.8. The number of carbonyl (C=O) groups excluding carboxylic acids is 2. The number of benzene rings is 2. The van der Waals surface area contributed by atoms with Gasteiger partial charge in [0, 0.05) is 18.0 Å². The standard InChI is InChI=1S/C27H27N3O4S/c31-26(30-11-3-6-22(30)17-7-10-23-24(14-17)34-13-12-33-23)16-35-25-15-20(27(32)28-18-8-9-18)19-4-1-2-5-21(19)29-25/h1-2,4-5,7,10,14-15,18,22H,3,6,8-9,11-13,16H2,(H,28,32). The molecule has 6 rings (SSSR count). The molecule has 2 amide bonds. The summed E-state index contributed by atoms with van der Waals surface area (Å²) < 4.78 is 11.4. The van der Waals surface area contributed by atoms with Crippen molar-refractivity contribution < 1.29 is 19.1 Å². The number of rotatable bonds is 6. The van der Waals surface area contributed by atoms with Crippen molar-refractivity contribution in [2.75, 3.05) is 25.5 Å². The van der Waals surface area contributed by atoms with Crippen molar-refractivity contribution in [3.05, 3.63) is 59.7 Å². The Hall–Kier alpha value is -3.26. The van der Waals surface area contributed by atoms with Gasteiger partial charge in [0.05, 0.1) is 27.9 Å². The summed E-state index contributed by atoms with van der Waals surface area (Å²) in [5.74, 6) is 1.79. The van der Waals surface area contributed by atoms with Crippen molar-refractivity contribution in [1.82, 2.24) is 15.2 Å². The first-order valence-electron chi connectivity index (χ1n) is 12.2. The van der Waals surface area contributed by atoms with Gasteiger partial charge in [-0.1, -0.05) is 36.0 Å². The Morgan fingerprint density at radius 2 is 1.86 bits per heavy atom. The van der Waals surface area contributed by atoms with Crippen LogP contribution in [-0.2, 0) is 4.79 Å². The minimum Gasteiger partial charge on any atom is -0.486 e. The first kappa shape index (κ1) is 22.2. The molecule has 0 spiro atoms. The molecule has 1 atom stereocenters. The van der Waals surface area contributed by atoms with E-state index in [0.717, 1.165) is 60.2 Å². The third-order valence-electron chi connectivity index (χ3n) is 6.72. The fourth-order valence-electron chi connectivity index (χ4n) is 4.80. The van der Waals surface area contributed by atoms with Gasteiger partial charge in [0.15, 0.2) is 11.5 Å². The Balaban J connectivity index is 1.18. The minimum absolute atomic E-state index is 0.0309. The number of thioether (sulfide) groups is 1. The highest BCUT2D eigenvalue weighted by Gasteiger charge is 2.31. The van der Waals surface area contributed by atoms with E-state index in [2.05, 4.69) is 5.32 Å². The van der Waals surface area contributed by atoms with Gasteiger partial charge in [0.25, 0.3) is 5.91 Å². The van der Waals surface area contributed by atoms with Crippen LogP contribution in [0.15, 0.2) is 53.6 Å². The lowest BCUT2D eigenvalue weighted by atomic mass is 10.0. The molecule has 180 valence electrons. The fourth-order valence-corrected chi connectivity index (χ4v) is 5.60. The Labute approximate surface area is 208 Å². The van der Waals surface area contributed by atoms with Crippen molar-refractivity contribution in [3.8, 4) is 11.5 Å². The summed E-state index contributed by atoms with van der Waals surface area (Å²) in [5, 5.41) is 4.60. The van der Waals surface area contributed by atoms with Crippen LogP contribution in [0.2, 0.25) is 0 Å². The highest BCUT2D eigenvalue weighted by atomic mass is 32.2. The molecule has 1 aromatic heterocycles. The fraction of sp³-hybridized carbons (Fsp3) is 0.370. The number of nitrogens with one attached hydrogen (secondary N) is 1. The maximum Gasteiger partial charge on any atom is 0.252 e. The predicted molar refractivity (Wildman–Crippen MR) is 134 cm³/mol. The third kappa shape index (κ3) is 4.67. The van der Waals surface area contributed by atoms with Crippen LogP contribution in [0.4, 0.5) is 0 Å². The molecular formula is C27H27N3O4S. The van der Waals surface area contributed by atoms with E-state index in [1.807, 2.05) is 53.4 Å². The molecule has 1 aliphatic carbocycles. The second-order valence-electron chi connectivity index (χ2n) is 9.21. The van der Waals surface area contributed by atoms with Crippen LogP contribution in [0.25, 0.3) is 10.9 Å². The van der Waals surface area contributed by atoms with Crippen LogP contribution < -0.4 is 14.8 Å². The van der Waals surface area contributed by atoms with Crippen LogP contribution in [0, 0.1) is 0 Å². The summed E-state index contributed by atoms with van der Waals surface area (Å²) in [6.45, 7) is 1.84. The van der Waals surface area contributed by atoms with E-state index in [0.29, 0.717) is 23.8 Å². The largest absolute Gasteiger partial charge is 0.486 e. The van der Waals surface area contributed by atoms with Gasteiger partial charge in [0.1, 0.15) is 13.2 Å². The minimum atomic E-state index is -0.0718. The second kappa shape index (κ2) is 9.41. The quantitative estimate of drug-likeness (QED) is 0.519. The van der Waals surface area contributed by atoms with Gasteiger partial charge in [-0.2, -0.15) is 0 Å². The number of para-hydroxylation sites is 1. The average Bonchev–Trinajstić information content (AvgIpc) is 3.57. The molecule has 3 heterocycles. The van der Waals surface area contributed by atoms with E-state index in [1.165, 1.54) is 11.8 Å². The van der Waals surface area contributed by atoms with Crippen LogP contribution in [0.3, 0.4) is 0 Å². The van der Waals surface area contributed by atoms with E-state index in [1.54, 1.807) is 0 Å². The second-order valence-corrected chi connectivity index (χ2v) is 10.2. The molecule has 8 heteroatoms. The topological polar surface area (TPSA) is 80.8 Å². The lowest BCUT2D eigenvalue weighted by Gasteiger charge is -2.26. The van der Waals surface area contributed by atoms with Crippen molar-refractivity contribution >= 4 is 34.5 Å². The molecule has 35 heavy (non-hydrogen) atoms. The summed E-state index contributed by atoms with van der Waals surface area (Å²) in [4.78, 5) is 32.8. The van der Waals surface area contributed by atoms with Crippen molar-refractivity contribution in [2.24, 2.45) is 0 Å². The highest BCUT2D eigenvalue weighted by Crippen LogP contribution is 2.38. The highest BCUT2D eigenvalue weighted by molar-refractivity contribution is 7.99. The average molecular weight is 490 g/mol. The Morgan fingerprint density at radius 3 is 2.71 bits per heavy atom. The number of aromatic nitrogens is 1. The maximum atomic E-state index is 13.3. The van der Waals surface area contributed by atoms with Gasteiger partial charge in [0.2, 0.25) is 5.91 Å².